The van der Waals surface area contributed by atoms with Gasteiger partial charge in [0.1, 0.15) is 0 Å². The summed E-state index contributed by atoms with van der Waals surface area (Å²) in [5.41, 5.74) is 0. The third kappa shape index (κ3) is 4.52. The second-order valence-corrected chi connectivity index (χ2v) is 7.97. The fourth-order valence-electron chi connectivity index (χ4n) is 2.64. The van der Waals surface area contributed by atoms with Gasteiger partial charge < -0.3 is 5.32 Å². The molecule has 5 heteroatoms. The largest absolute Gasteiger partial charge is 0.315 e. The third-order valence-electron chi connectivity index (χ3n) is 3.86. The SMILES string of the molecule is CCCNCC(C(C)C)N(C)C1CCS(=O)(=O)C1. The van der Waals surface area contributed by atoms with E-state index >= 15 is 0 Å². The van der Waals surface area contributed by atoms with Gasteiger partial charge in [0.2, 0.25) is 0 Å². The molecule has 1 rings (SSSR count). The zero-order chi connectivity index (χ0) is 13.8. The molecule has 1 fully saturated rings. The maximum Gasteiger partial charge on any atom is 0.151 e. The summed E-state index contributed by atoms with van der Waals surface area (Å²) in [6.45, 7) is 8.54. The quantitative estimate of drug-likeness (QED) is 0.708. The van der Waals surface area contributed by atoms with Crippen molar-refractivity contribution in [2.45, 2.75) is 45.7 Å². The Labute approximate surface area is 112 Å². The Morgan fingerprint density at radius 2 is 2.06 bits per heavy atom. The van der Waals surface area contributed by atoms with Crippen LogP contribution in [-0.4, -0.2) is 57.0 Å². The molecule has 0 aliphatic carbocycles. The first-order valence-corrected chi connectivity index (χ1v) is 8.82. The van der Waals surface area contributed by atoms with Crippen LogP contribution in [0.25, 0.3) is 0 Å². The van der Waals surface area contributed by atoms with Crippen LogP contribution in [0.1, 0.15) is 33.6 Å². The predicted octanol–water partition coefficient (Wildman–Crippen LogP) is 1.13. The Kier molecular flexibility index (Phi) is 6.08. The molecule has 0 bridgehead atoms. The third-order valence-corrected chi connectivity index (χ3v) is 5.61. The maximum atomic E-state index is 11.6. The van der Waals surface area contributed by atoms with Crippen LogP contribution < -0.4 is 5.32 Å². The molecular formula is C13H28N2O2S. The van der Waals surface area contributed by atoms with Crippen molar-refractivity contribution in [2.75, 3.05) is 31.6 Å². The van der Waals surface area contributed by atoms with Crippen LogP contribution in [0.2, 0.25) is 0 Å². The zero-order valence-corrected chi connectivity index (χ0v) is 13.0. The molecule has 0 saturated carbocycles. The van der Waals surface area contributed by atoms with Crippen molar-refractivity contribution in [1.82, 2.24) is 10.2 Å². The minimum Gasteiger partial charge on any atom is -0.315 e. The molecule has 2 unspecified atom stereocenters. The molecule has 0 aromatic carbocycles. The summed E-state index contributed by atoms with van der Waals surface area (Å²) in [5, 5.41) is 3.45. The Bertz CT molecular complexity index is 341. The number of nitrogens with zero attached hydrogens (tertiary/aromatic N) is 1. The van der Waals surface area contributed by atoms with Crippen LogP contribution in [0.5, 0.6) is 0 Å². The van der Waals surface area contributed by atoms with E-state index in [1.165, 1.54) is 0 Å². The standard InChI is InChI=1S/C13H28N2O2S/c1-5-7-14-9-13(11(2)3)15(4)12-6-8-18(16,17)10-12/h11-14H,5-10H2,1-4H3. The number of likely N-dealkylation sites (N-methyl/N-ethyl adjacent to an activating group) is 1. The maximum absolute atomic E-state index is 11.6. The summed E-state index contributed by atoms with van der Waals surface area (Å²) in [5.74, 6) is 1.22. The lowest BCUT2D eigenvalue weighted by atomic mass is 10.0. The van der Waals surface area contributed by atoms with Crippen LogP contribution in [0.3, 0.4) is 0 Å². The topological polar surface area (TPSA) is 49.4 Å². The minimum absolute atomic E-state index is 0.200. The van der Waals surface area contributed by atoms with Gasteiger partial charge in [-0.2, -0.15) is 0 Å². The fraction of sp³-hybridized carbons (Fsp3) is 1.00. The van der Waals surface area contributed by atoms with E-state index in [1.54, 1.807) is 0 Å². The highest BCUT2D eigenvalue weighted by Crippen LogP contribution is 2.21. The first-order valence-electron chi connectivity index (χ1n) is 7.00. The van der Waals surface area contributed by atoms with E-state index in [4.69, 9.17) is 0 Å². The lowest BCUT2D eigenvalue weighted by molar-refractivity contribution is 0.144. The first kappa shape index (κ1) is 15.9. The Hall–Kier alpha value is -0.130. The van der Waals surface area contributed by atoms with Gasteiger partial charge in [0, 0.05) is 18.6 Å². The summed E-state index contributed by atoms with van der Waals surface area (Å²) in [4.78, 5) is 2.28. The van der Waals surface area contributed by atoms with Crippen molar-refractivity contribution in [3.8, 4) is 0 Å². The molecule has 0 amide bonds. The highest BCUT2D eigenvalue weighted by Gasteiger charge is 2.34. The van der Waals surface area contributed by atoms with E-state index in [-0.39, 0.29) is 6.04 Å². The Balaban J connectivity index is 2.57. The second-order valence-electron chi connectivity index (χ2n) is 5.74. The van der Waals surface area contributed by atoms with Crippen LogP contribution in [-0.2, 0) is 9.84 Å². The molecule has 1 aliphatic rings. The van der Waals surface area contributed by atoms with Crippen LogP contribution in [0.15, 0.2) is 0 Å². The molecule has 4 nitrogen and oxygen atoms in total. The lowest BCUT2D eigenvalue weighted by Gasteiger charge is -2.35. The summed E-state index contributed by atoms with van der Waals surface area (Å²) < 4.78 is 23.1. The minimum atomic E-state index is -2.79. The number of nitrogens with one attached hydrogen (secondary N) is 1. The summed E-state index contributed by atoms with van der Waals surface area (Å²) >= 11 is 0. The molecule has 1 saturated heterocycles. The molecular weight excluding hydrogens is 248 g/mol. The first-order chi connectivity index (χ1) is 8.37. The lowest BCUT2D eigenvalue weighted by Crippen LogP contribution is -2.48. The van der Waals surface area contributed by atoms with Crippen molar-refractivity contribution >= 4 is 9.84 Å². The average molecular weight is 276 g/mol. The molecule has 108 valence electrons. The van der Waals surface area contributed by atoms with Crippen molar-refractivity contribution in [3.63, 3.8) is 0 Å². The van der Waals surface area contributed by atoms with E-state index in [0.717, 1.165) is 25.9 Å². The van der Waals surface area contributed by atoms with Gasteiger partial charge in [-0.1, -0.05) is 20.8 Å². The molecule has 2 atom stereocenters. The number of rotatable bonds is 7. The van der Waals surface area contributed by atoms with E-state index in [2.05, 4.69) is 38.0 Å². The van der Waals surface area contributed by atoms with Gasteiger partial charge in [0.15, 0.2) is 9.84 Å². The van der Waals surface area contributed by atoms with Crippen molar-refractivity contribution in [1.29, 1.82) is 0 Å². The summed E-state index contributed by atoms with van der Waals surface area (Å²) in [6.07, 6.45) is 1.92. The van der Waals surface area contributed by atoms with Gasteiger partial charge in [0.05, 0.1) is 11.5 Å². The number of hydrogen-bond donors (Lipinski definition) is 1. The predicted molar refractivity (Wildman–Crippen MR) is 76.6 cm³/mol. The molecule has 1 heterocycles. The van der Waals surface area contributed by atoms with Crippen LogP contribution >= 0.6 is 0 Å². The van der Waals surface area contributed by atoms with Crippen LogP contribution in [0, 0.1) is 5.92 Å². The summed E-state index contributed by atoms with van der Waals surface area (Å²) in [7, 11) is -0.714. The van der Waals surface area contributed by atoms with E-state index in [1.807, 2.05) is 0 Å². The monoisotopic (exact) mass is 276 g/mol. The normalized spacial score (nSPS) is 24.9. The molecule has 0 aromatic heterocycles. The Morgan fingerprint density at radius 3 is 2.50 bits per heavy atom. The molecule has 0 aromatic rings. The average Bonchev–Trinajstić information content (AvgIpc) is 2.64. The highest BCUT2D eigenvalue weighted by molar-refractivity contribution is 7.91. The second kappa shape index (κ2) is 6.87. The Morgan fingerprint density at radius 1 is 1.39 bits per heavy atom. The summed E-state index contributed by atoms with van der Waals surface area (Å²) in [6, 6.07) is 0.612. The van der Waals surface area contributed by atoms with E-state index in [9.17, 15) is 8.42 Å². The van der Waals surface area contributed by atoms with Gasteiger partial charge in [0.25, 0.3) is 0 Å². The van der Waals surface area contributed by atoms with Crippen molar-refractivity contribution in [2.24, 2.45) is 5.92 Å². The fourth-order valence-corrected chi connectivity index (χ4v) is 4.43. The van der Waals surface area contributed by atoms with Crippen LogP contribution in [0.4, 0.5) is 0 Å². The van der Waals surface area contributed by atoms with Gasteiger partial charge in [-0.15, -0.1) is 0 Å². The van der Waals surface area contributed by atoms with Gasteiger partial charge in [-0.3, -0.25) is 4.90 Å². The zero-order valence-electron chi connectivity index (χ0n) is 12.1. The number of sulfone groups is 1. The molecule has 18 heavy (non-hydrogen) atoms. The molecule has 1 aliphatic heterocycles. The van der Waals surface area contributed by atoms with Gasteiger partial charge in [-0.05, 0) is 32.4 Å². The smallest absolute Gasteiger partial charge is 0.151 e. The van der Waals surface area contributed by atoms with Gasteiger partial charge >= 0.3 is 0 Å². The number of hydrogen-bond acceptors (Lipinski definition) is 4. The van der Waals surface area contributed by atoms with Gasteiger partial charge in [-0.25, -0.2) is 8.42 Å². The van der Waals surface area contributed by atoms with Crippen molar-refractivity contribution < 1.29 is 8.42 Å². The molecule has 0 radical (unpaired) electrons. The highest BCUT2D eigenvalue weighted by atomic mass is 32.2. The molecule has 1 N–H and O–H groups in total. The van der Waals surface area contributed by atoms with E-state index in [0.29, 0.717) is 23.5 Å². The molecule has 0 spiro atoms. The van der Waals surface area contributed by atoms with Crippen molar-refractivity contribution in [3.05, 3.63) is 0 Å². The van der Waals surface area contributed by atoms with E-state index < -0.39 is 9.84 Å².